The molecule has 1 N–H and O–H groups in total. The van der Waals surface area contributed by atoms with Gasteiger partial charge in [-0.1, -0.05) is 11.6 Å². The Morgan fingerprint density at radius 1 is 1.19 bits per heavy atom. The Morgan fingerprint density at radius 3 is 2.89 bits per heavy atom. The van der Waals surface area contributed by atoms with Crippen molar-refractivity contribution in [3.8, 4) is 0 Å². The minimum atomic E-state index is -0.809. The summed E-state index contributed by atoms with van der Waals surface area (Å²) in [6.07, 6.45) is 4.66. The molecular weight excluding hydrogens is 334 g/mol. The van der Waals surface area contributed by atoms with Crippen LogP contribution < -0.4 is 0 Å². The molecule has 3 aromatic rings. The Bertz CT molecular complexity index is 1050. The van der Waals surface area contributed by atoms with E-state index in [2.05, 4.69) is 52.7 Å². The second kappa shape index (κ2) is 5.91. The van der Waals surface area contributed by atoms with Gasteiger partial charge in [-0.05, 0) is 68.6 Å². The number of benzene rings is 1. The number of hydrogen-bond acceptors (Lipinski definition) is 3. The Hall–Kier alpha value is -2.17. The van der Waals surface area contributed by atoms with E-state index < -0.39 is 5.60 Å². The molecular formula is C23H27N3O. The fraction of sp³-hybridized carbons (Fsp3) is 0.435. The molecule has 2 aliphatic rings. The second-order valence-electron chi connectivity index (χ2n) is 8.53. The smallest absolute Gasteiger partial charge is 0.108 e. The van der Waals surface area contributed by atoms with Gasteiger partial charge in [0.1, 0.15) is 5.60 Å². The van der Waals surface area contributed by atoms with Crippen LogP contribution in [-0.2, 0) is 31.5 Å². The van der Waals surface area contributed by atoms with Crippen LogP contribution >= 0.6 is 0 Å². The predicted octanol–water partition coefficient (Wildman–Crippen LogP) is 3.48. The summed E-state index contributed by atoms with van der Waals surface area (Å²) in [5.41, 5.74) is 7.84. The van der Waals surface area contributed by atoms with Crippen LogP contribution in [0.4, 0.5) is 0 Å². The van der Waals surface area contributed by atoms with E-state index >= 15 is 0 Å². The molecule has 0 amide bonds. The third-order valence-electron chi connectivity index (χ3n) is 6.45. The third-order valence-corrected chi connectivity index (χ3v) is 6.45. The molecule has 0 saturated heterocycles. The fourth-order valence-corrected chi connectivity index (χ4v) is 5.00. The lowest BCUT2D eigenvalue weighted by Crippen LogP contribution is -2.32. The van der Waals surface area contributed by atoms with Crippen LogP contribution in [0.5, 0.6) is 0 Å². The highest BCUT2D eigenvalue weighted by Crippen LogP contribution is 2.41. The normalized spacial score (nSPS) is 22.2. The maximum atomic E-state index is 11.6. The highest BCUT2D eigenvalue weighted by molar-refractivity contribution is 5.86. The molecule has 140 valence electrons. The highest BCUT2D eigenvalue weighted by atomic mass is 16.3. The van der Waals surface area contributed by atoms with Gasteiger partial charge in [-0.25, -0.2) is 0 Å². The molecule has 5 rings (SSSR count). The Balaban J connectivity index is 1.66. The number of aromatic nitrogens is 2. The summed E-state index contributed by atoms with van der Waals surface area (Å²) in [6, 6.07) is 8.82. The minimum Gasteiger partial charge on any atom is -0.383 e. The Kier molecular flexibility index (Phi) is 3.72. The number of likely N-dealkylation sites (N-methyl/N-ethyl adjacent to an activating group) is 1. The lowest BCUT2D eigenvalue weighted by atomic mass is 9.95. The van der Waals surface area contributed by atoms with Crippen molar-refractivity contribution in [3.05, 3.63) is 64.1 Å². The van der Waals surface area contributed by atoms with E-state index in [9.17, 15) is 5.11 Å². The van der Waals surface area contributed by atoms with Gasteiger partial charge in [-0.2, -0.15) is 0 Å². The Morgan fingerprint density at radius 2 is 2.04 bits per heavy atom. The van der Waals surface area contributed by atoms with Gasteiger partial charge in [-0.15, -0.1) is 0 Å². The quantitative estimate of drug-likeness (QED) is 0.760. The van der Waals surface area contributed by atoms with Crippen molar-refractivity contribution in [3.63, 3.8) is 0 Å². The van der Waals surface area contributed by atoms with Gasteiger partial charge < -0.3 is 14.6 Å². The van der Waals surface area contributed by atoms with Crippen LogP contribution in [0, 0.1) is 13.8 Å². The standard InChI is InChI=1S/C23H27N3O/c1-15-4-5-21-18(10-15)19-13-25(3)9-7-22(19)26(21)14-23(27)8-6-17-12-24-16(2)11-20(17)23/h4-5,10-12,27H,6-9,13-14H2,1-3H3. The second-order valence-corrected chi connectivity index (χ2v) is 8.53. The van der Waals surface area contributed by atoms with Crippen molar-refractivity contribution in [1.82, 2.24) is 14.5 Å². The molecule has 4 heteroatoms. The number of aryl methyl sites for hydroxylation is 3. The first-order valence-electron chi connectivity index (χ1n) is 9.92. The highest BCUT2D eigenvalue weighted by Gasteiger charge is 2.38. The topological polar surface area (TPSA) is 41.3 Å². The zero-order chi connectivity index (χ0) is 18.8. The molecule has 3 heterocycles. The first kappa shape index (κ1) is 17.0. The van der Waals surface area contributed by atoms with Crippen molar-refractivity contribution >= 4 is 10.9 Å². The van der Waals surface area contributed by atoms with Crippen molar-refractivity contribution in [2.45, 2.75) is 51.8 Å². The van der Waals surface area contributed by atoms with Crippen molar-refractivity contribution < 1.29 is 5.11 Å². The monoisotopic (exact) mass is 361 g/mol. The summed E-state index contributed by atoms with van der Waals surface area (Å²) < 4.78 is 2.40. The molecule has 1 unspecified atom stereocenters. The van der Waals surface area contributed by atoms with Gasteiger partial charge >= 0.3 is 0 Å². The number of hydrogen-bond donors (Lipinski definition) is 1. The van der Waals surface area contributed by atoms with E-state index in [-0.39, 0.29) is 0 Å². The molecule has 0 bridgehead atoms. The molecule has 1 atom stereocenters. The fourth-order valence-electron chi connectivity index (χ4n) is 5.00. The lowest BCUT2D eigenvalue weighted by molar-refractivity contribution is 0.0205. The third kappa shape index (κ3) is 2.62. The minimum absolute atomic E-state index is 0.627. The molecule has 1 aliphatic carbocycles. The number of aliphatic hydroxyl groups is 1. The molecule has 1 aliphatic heterocycles. The average molecular weight is 361 g/mol. The summed E-state index contributed by atoms with van der Waals surface area (Å²) in [4.78, 5) is 6.82. The molecule has 2 aromatic heterocycles. The van der Waals surface area contributed by atoms with Gasteiger partial charge in [0, 0.05) is 48.0 Å². The van der Waals surface area contributed by atoms with Crippen LogP contribution in [0.2, 0.25) is 0 Å². The summed E-state index contributed by atoms with van der Waals surface area (Å²) in [7, 11) is 2.19. The molecule has 1 aromatic carbocycles. The first-order valence-corrected chi connectivity index (χ1v) is 9.92. The number of fused-ring (bicyclic) bond motifs is 4. The van der Waals surface area contributed by atoms with Gasteiger partial charge in [-0.3, -0.25) is 4.98 Å². The van der Waals surface area contributed by atoms with E-state index in [1.807, 2.05) is 13.1 Å². The maximum absolute atomic E-state index is 11.6. The summed E-state index contributed by atoms with van der Waals surface area (Å²) in [5.74, 6) is 0. The zero-order valence-corrected chi connectivity index (χ0v) is 16.4. The SMILES string of the molecule is Cc1ccc2c(c1)c1c(n2CC2(O)CCc3cnc(C)cc32)CCN(C)C1. The average Bonchev–Trinajstić information content (AvgIpc) is 3.11. The van der Waals surface area contributed by atoms with Gasteiger partial charge in [0.15, 0.2) is 0 Å². The molecule has 27 heavy (non-hydrogen) atoms. The van der Waals surface area contributed by atoms with Crippen molar-refractivity contribution in [1.29, 1.82) is 0 Å². The maximum Gasteiger partial charge on any atom is 0.108 e. The molecule has 4 nitrogen and oxygen atoms in total. The lowest BCUT2D eigenvalue weighted by Gasteiger charge is -2.29. The van der Waals surface area contributed by atoms with E-state index in [1.54, 1.807) is 0 Å². The summed E-state index contributed by atoms with van der Waals surface area (Å²) in [6.45, 7) is 6.85. The van der Waals surface area contributed by atoms with Crippen LogP contribution in [-0.4, -0.2) is 33.1 Å². The molecule has 0 saturated carbocycles. The van der Waals surface area contributed by atoms with Crippen molar-refractivity contribution in [2.24, 2.45) is 0 Å². The van der Waals surface area contributed by atoms with Crippen LogP contribution in [0.3, 0.4) is 0 Å². The van der Waals surface area contributed by atoms with Crippen LogP contribution in [0.25, 0.3) is 10.9 Å². The van der Waals surface area contributed by atoms with Crippen LogP contribution in [0.1, 0.15) is 40.1 Å². The van der Waals surface area contributed by atoms with Gasteiger partial charge in [0.25, 0.3) is 0 Å². The van der Waals surface area contributed by atoms with Crippen molar-refractivity contribution in [2.75, 3.05) is 13.6 Å². The van der Waals surface area contributed by atoms with E-state index in [4.69, 9.17) is 0 Å². The number of pyridine rings is 1. The van der Waals surface area contributed by atoms with E-state index in [1.165, 1.54) is 33.3 Å². The molecule has 0 fully saturated rings. The number of rotatable bonds is 2. The largest absolute Gasteiger partial charge is 0.383 e. The summed E-state index contributed by atoms with van der Waals surface area (Å²) >= 11 is 0. The van der Waals surface area contributed by atoms with E-state index in [0.29, 0.717) is 6.54 Å². The first-order chi connectivity index (χ1) is 12.9. The van der Waals surface area contributed by atoms with Gasteiger partial charge in [0.05, 0.1) is 6.54 Å². The number of nitrogens with zero attached hydrogens (tertiary/aromatic N) is 3. The molecule has 0 spiro atoms. The molecule has 0 radical (unpaired) electrons. The summed E-state index contributed by atoms with van der Waals surface area (Å²) in [5, 5.41) is 13.0. The van der Waals surface area contributed by atoms with Gasteiger partial charge in [0.2, 0.25) is 0 Å². The van der Waals surface area contributed by atoms with E-state index in [0.717, 1.165) is 43.6 Å². The van der Waals surface area contributed by atoms with Crippen LogP contribution in [0.15, 0.2) is 30.5 Å². The zero-order valence-electron chi connectivity index (χ0n) is 16.4. The Labute approximate surface area is 160 Å². The predicted molar refractivity (Wildman–Crippen MR) is 108 cm³/mol.